The van der Waals surface area contributed by atoms with Crippen molar-refractivity contribution in [3.63, 3.8) is 0 Å². The van der Waals surface area contributed by atoms with Gasteiger partial charge in [-0.15, -0.1) is 0 Å². The summed E-state index contributed by atoms with van der Waals surface area (Å²) in [5.74, 6) is -1.30. The zero-order chi connectivity index (χ0) is 15.6. The Morgan fingerprint density at radius 3 is 2.62 bits per heavy atom. The van der Waals surface area contributed by atoms with Crippen molar-refractivity contribution in [2.75, 3.05) is 0 Å². The van der Waals surface area contributed by atoms with Crippen molar-refractivity contribution in [2.45, 2.75) is 38.1 Å². The Hall–Kier alpha value is -1.69. The van der Waals surface area contributed by atoms with E-state index in [1.54, 1.807) is 0 Å². The van der Waals surface area contributed by atoms with Gasteiger partial charge in [-0.25, -0.2) is 4.39 Å². The number of amides is 1. The Morgan fingerprint density at radius 2 is 2.10 bits per heavy atom. The van der Waals surface area contributed by atoms with Crippen LogP contribution in [-0.4, -0.2) is 21.5 Å². The van der Waals surface area contributed by atoms with E-state index in [1.807, 2.05) is 0 Å². The van der Waals surface area contributed by atoms with E-state index in [-0.39, 0.29) is 10.6 Å². The fourth-order valence-corrected chi connectivity index (χ4v) is 2.96. The summed E-state index contributed by atoms with van der Waals surface area (Å²) in [5, 5.41) is 12.4. The molecule has 1 fully saturated rings. The first kappa shape index (κ1) is 15.7. The average Bonchev–Trinajstić information content (AvgIpc) is 2.41. The number of halogens is 1. The third-order valence-electron chi connectivity index (χ3n) is 4.17. The van der Waals surface area contributed by atoms with Crippen LogP contribution in [0.3, 0.4) is 0 Å². The molecule has 2 rings (SSSR count). The molecule has 6 heteroatoms. The van der Waals surface area contributed by atoms with Gasteiger partial charge in [0.2, 0.25) is 0 Å². The highest BCUT2D eigenvalue weighted by atomic mass is 32.1. The van der Waals surface area contributed by atoms with Crippen LogP contribution in [0.15, 0.2) is 18.2 Å². The maximum Gasteiger partial charge on any atom is 0.258 e. The van der Waals surface area contributed by atoms with Crippen LogP contribution in [-0.2, 0) is 0 Å². The highest BCUT2D eigenvalue weighted by Gasteiger charge is 2.39. The van der Waals surface area contributed by atoms with Gasteiger partial charge in [-0.2, -0.15) is 0 Å². The van der Waals surface area contributed by atoms with Gasteiger partial charge in [-0.3, -0.25) is 4.79 Å². The Bertz CT molecular complexity index is 549. The first-order chi connectivity index (χ1) is 9.85. The molecule has 0 aliphatic heterocycles. The Balaban J connectivity index is 2.26. The summed E-state index contributed by atoms with van der Waals surface area (Å²) < 4.78 is 13.8. The molecule has 1 saturated carbocycles. The molecule has 0 atom stereocenters. The van der Waals surface area contributed by atoms with Crippen molar-refractivity contribution in [3.8, 4) is 5.75 Å². The number of thiocarbonyl (C=S) groups is 1. The summed E-state index contributed by atoms with van der Waals surface area (Å²) in [7, 11) is 0. The molecule has 0 heterocycles. The van der Waals surface area contributed by atoms with E-state index in [0.717, 1.165) is 18.9 Å². The van der Waals surface area contributed by atoms with Gasteiger partial charge in [0, 0.05) is 0 Å². The number of hydrogen-bond donors (Lipinski definition) is 3. The van der Waals surface area contributed by atoms with E-state index in [1.165, 1.54) is 12.1 Å². The number of aromatic hydroxyl groups is 1. The molecule has 0 aromatic heterocycles. The number of nitrogens with one attached hydrogen (secondary N) is 1. The van der Waals surface area contributed by atoms with E-state index in [2.05, 4.69) is 12.2 Å². The Morgan fingerprint density at radius 1 is 1.48 bits per heavy atom. The van der Waals surface area contributed by atoms with Gasteiger partial charge in [-0.1, -0.05) is 25.2 Å². The van der Waals surface area contributed by atoms with E-state index >= 15 is 0 Å². The normalized spacial score (nSPS) is 25.3. The fraction of sp³-hybridized carbons (Fsp3) is 0.467. The van der Waals surface area contributed by atoms with Crippen LogP contribution >= 0.6 is 12.2 Å². The second kappa shape index (κ2) is 5.97. The lowest BCUT2D eigenvalue weighted by Gasteiger charge is -2.39. The van der Waals surface area contributed by atoms with Crippen LogP contribution in [0.5, 0.6) is 5.75 Å². The monoisotopic (exact) mass is 310 g/mol. The molecule has 0 unspecified atom stereocenters. The van der Waals surface area contributed by atoms with Crippen molar-refractivity contribution in [3.05, 3.63) is 29.6 Å². The van der Waals surface area contributed by atoms with Crippen LogP contribution in [0.25, 0.3) is 0 Å². The fourth-order valence-electron chi connectivity index (χ4n) is 2.71. The van der Waals surface area contributed by atoms with Crippen molar-refractivity contribution in [1.82, 2.24) is 5.32 Å². The lowest BCUT2D eigenvalue weighted by Crippen LogP contribution is -2.58. The molecule has 0 radical (unpaired) electrons. The predicted octanol–water partition coefficient (Wildman–Crippen LogP) is 2.50. The smallest absolute Gasteiger partial charge is 0.258 e. The maximum atomic E-state index is 13.8. The lowest BCUT2D eigenvalue weighted by molar-refractivity contribution is 0.0893. The molecule has 21 heavy (non-hydrogen) atoms. The van der Waals surface area contributed by atoms with Gasteiger partial charge in [0.05, 0.1) is 10.5 Å². The summed E-state index contributed by atoms with van der Waals surface area (Å²) in [6.45, 7) is 2.13. The first-order valence-corrected chi connectivity index (χ1v) is 7.36. The quantitative estimate of drug-likeness (QED) is 0.750. The standard InChI is InChI=1S/C15H19FN2O2S/c1-9-5-7-15(8-6-9,14(17)21)18-13(20)12-10(16)3-2-4-11(12)19/h2-4,9,19H,5-8H2,1H3,(H2,17,21)(H,18,20). The number of rotatable bonds is 3. The zero-order valence-corrected chi connectivity index (χ0v) is 12.7. The average molecular weight is 310 g/mol. The largest absolute Gasteiger partial charge is 0.507 e. The van der Waals surface area contributed by atoms with Crippen molar-refractivity contribution in [2.24, 2.45) is 11.7 Å². The summed E-state index contributed by atoms with van der Waals surface area (Å²) in [6, 6.07) is 3.74. The number of phenolic OH excluding ortho intramolecular Hbond substituents is 1. The van der Waals surface area contributed by atoms with Crippen molar-refractivity contribution in [1.29, 1.82) is 0 Å². The minimum absolute atomic E-state index is 0.207. The van der Waals surface area contributed by atoms with Crippen LogP contribution in [0, 0.1) is 11.7 Å². The molecule has 4 N–H and O–H groups in total. The van der Waals surface area contributed by atoms with E-state index in [0.29, 0.717) is 18.8 Å². The maximum absolute atomic E-state index is 13.8. The number of hydrogen-bond acceptors (Lipinski definition) is 3. The Kier molecular flexibility index (Phi) is 4.46. The topological polar surface area (TPSA) is 75.3 Å². The van der Waals surface area contributed by atoms with Gasteiger partial charge >= 0.3 is 0 Å². The minimum atomic E-state index is -0.798. The number of phenols is 1. The van der Waals surface area contributed by atoms with Gasteiger partial charge in [-0.05, 0) is 43.7 Å². The first-order valence-electron chi connectivity index (χ1n) is 6.95. The van der Waals surface area contributed by atoms with Gasteiger partial charge in [0.15, 0.2) is 0 Å². The van der Waals surface area contributed by atoms with Crippen LogP contribution in [0.1, 0.15) is 43.0 Å². The summed E-state index contributed by atoms with van der Waals surface area (Å²) in [6.07, 6.45) is 3.04. The molecule has 1 aliphatic rings. The summed E-state index contributed by atoms with van der Waals surface area (Å²) in [4.78, 5) is 12.5. The molecule has 114 valence electrons. The molecule has 4 nitrogen and oxygen atoms in total. The summed E-state index contributed by atoms with van der Waals surface area (Å²) in [5.41, 5.74) is 4.64. The molecule has 1 aromatic carbocycles. The lowest BCUT2D eigenvalue weighted by atomic mass is 9.77. The van der Waals surface area contributed by atoms with Gasteiger partial charge in [0.25, 0.3) is 5.91 Å². The third kappa shape index (κ3) is 3.15. The number of benzene rings is 1. The van der Waals surface area contributed by atoms with Crippen molar-refractivity contribution >= 4 is 23.1 Å². The van der Waals surface area contributed by atoms with E-state index in [9.17, 15) is 14.3 Å². The predicted molar refractivity (Wildman–Crippen MR) is 82.7 cm³/mol. The zero-order valence-electron chi connectivity index (χ0n) is 11.9. The minimum Gasteiger partial charge on any atom is -0.507 e. The molecule has 0 saturated heterocycles. The number of carbonyl (C=O) groups excluding carboxylic acids is 1. The molecule has 1 amide bonds. The van der Waals surface area contributed by atoms with Crippen LogP contribution < -0.4 is 11.1 Å². The van der Waals surface area contributed by atoms with Crippen LogP contribution in [0.4, 0.5) is 4.39 Å². The van der Waals surface area contributed by atoms with Crippen LogP contribution in [0.2, 0.25) is 0 Å². The van der Waals surface area contributed by atoms with E-state index in [4.69, 9.17) is 18.0 Å². The third-order valence-corrected chi connectivity index (χ3v) is 4.56. The summed E-state index contributed by atoms with van der Waals surface area (Å²) >= 11 is 5.11. The molecular formula is C15H19FN2O2S. The molecule has 1 aliphatic carbocycles. The second-order valence-corrected chi connectivity index (χ2v) is 6.16. The van der Waals surface area contributed by atoms with Gasteiger partial charge in [0.1, 0.15) is 17.1 Å². The van der Waals surface area contributed by atoms with E-state index < -0.39 is 23.0 Å². The van der Waals surface area contributed by atoms with Crippen molar-refractivity contribution < 1.29 is 14.3 Å². The highest BCUT2D eigenvalue weighted by Crippen LogP contribution is 2.33. The second-order valence-electron chi connectivity index (χ2n) is 5.72. The number of carbonyl (C=O) groups is 1. The molecule has 0 bridgehead atoms. The van der Waals surface area contributed by atoms with Gasteiger partial charge < -0.3 is 16.2 Å². The molecule has 1 aromatic rings. The Labute approximate surface area is 128 Å². The highest BCUT2D eigenvalue weighted by molar-refractivity contribution is 7.80. The SMILES string of the molecule is CC1CCC(NC(=O)c2c(O)cccc2F)(C(N)=S)CC1. The molecular weight excluding hydrogens is 291 g/mol. The number of nitrogens with two attached hydrogens (primary N) is 1. The molecule has 0 spiro atoms.